The van der Waals surface area contributed by atoms with E-state index in [-0.39, 0.29) is 12.3 Å². The molecule has 0 saturated carbocycles. The van der Waals surface area contributed by atoms with Crippen LogP contribution < -0.4 is 0 Å². The van der Waals surface area contributed by atoms with Crippen molar-refractivity contribution in [3.05, 3.63) is 169 Å². The summed E-state index contributed by atoms with van der Waals surface area (Å²) in [6.07, 6.45) is 2.56. The molecule has 8 aromatic rings. The maximum absolute atomic E-state index is 13.6. The first-order chi connectivity index (χ1) is 22.2. The molecule has 0 unspecified atom stereocenters. The van der Waals surface area contributed by atoms with E-state index < -0.39 is 0 Å². The number of allylic oxidation sites excluding steroid dienone is 1. The Morgan fingerprint density at radius 3 is 1.89 bits per heavy atom. The Hall–Kier alpha value is -5.94. The van der Waals surface area contributed by atoms with Crippen LogP contribution in [0.4, 0.5) is 0 Å². The molecule has 0 aliphatic carbocycles. The van der Waals surface area contributed by atoms with Gasteiger partial charge in [-0.1, -0.05) is 109 Å². The van der Waals surface area contributed by atoms with Crippen LogP contribution in [0.2, 0.25) is 0 Å². The first-order valence-corrected chi connectivity index (χ1v) is 15.0. The highest BCUT2D eigenvalue weighted by molar-refractivity contribution is 5.97. The summed E-state index contributed by atoms with van der Waals surface area (Å²) >= 11 is 0. The van der Waals surface area contributed by atoms with Crippen LogP contribution in [0.1, 0.15) is 27.7 Å². The molecule has 45 heavy (non-hydrogen) atoms. The molecule has 3 heterocycles. The summed E-state index contributed by atoms with van der Waals surface area (Å²) in [7, 11) is 0. The lowest BCUT2D eigenvalue weighted by atomic mass is 10.0. The van der Waals surface area contributed by atoms with E-state index in [4.69, 9.17) is 13.8 Å². The Bertz CT molecular complexity index is 2190. The molecule has 3 aromatic heterocycles. The van der Waals surface area contributed by atoms with Gasteiger partial charge in [0.2, 0.25) is 0 Å². The SMILES string of the molecule is O=C(Cn1c(CC=C(c2cc3ccccc3o2)c2cc3ccccc3o2)nc2ccccc21)c1ccc(-c2ccccc2)cc1. The van der Waals surface area contributed by atoms with Crippen molar-refractivity contribution in [1.29, 1.82) is 0 Å². The van der Waals surface area contributed by atoms with Gasteiger partial charge in [0.15, 0.2) is 5.78 Å². The third-order valence-corrected chi connectivity index (χ3v) is 8.22. The van der Waals surface area contributed by atoms with Crippen LogP contribution in [-0.2, 0) is 13.0 Å². The van der Waals surface area contributed by atoms with Gasteiger partial charge in [-0.25, -0.2) is 4.98 Å². The number of Topliss-reactive ketones (excluding diaryl/α,β-unsaturated/α-hetero) is 1. The van der Waals surface area contributed by atoms with Crippen LogP contribution in [0.15, 0.2) is 154 Å². The second-order valence-corrected chi connectivity index (χ2v) is 11.1. The van der Waals surface area contributed by atoms with E-state index in [1.807, 2.05) is 132 Å². The van der Waals surface area contributed by atoms with Crippen LogP contribution in [0.25, 0.3) is 49.7 Å². The first kappa shape index (κ1) is 26.7. The molecule has 0 fully saturated rings. The quantitative estimate of drug-likeness (QED) is 0.167. The van der Waals surface area contributed by atoms with Crippen molar-refractivity contribution >= 4 is 44.3 Å². The summed E-state index contributed by atoms with van der Waals surface area (Å²) in [5.41, 5.74) is 7.09. The molecule has 0 N–H and O–H groups in total. The minimum atomic E-state index is 0.0257. The zero-order chi connectivity index (χ0) is 30.2. The van der Waals surface area contributed by atoms with Gasteiger partial charge in [0.05, 0.1) is 23.2 Å². The Labute approximate surface area is 259 Å². The molecular weight excluding hydrogens is 556 g/mol. The Morgan fingerprint density at radius 2 is 1.22 bits per heavy atom. The molecule has 0 radical (unpaired) electrons. The van der Waals surface area contributed by atoms with Gasteiger partial charge in [0, 0.05) is 22.8 Å². The van der Waals surface area contributed by atoms with Crippen LogP contribution in [0, 0.1) is 0 Å². The highest BCUT2D eigenvalue weighted by atomic mass is 16.4. The predicted octanol–water partition coefficient (Wildman–Crippen LogP) is 9.75. The normalized spacial score (nSPS) is 11.4. The van der Waals surface area contributed by atoms with Gasteiger partial charge in [-0.3, -0.25) is 4.79 Å². The third kappa shape index (κ3) is 5.15. The number of nitrogens with zero attached hydrogens (tertiary/aromatic N) is 2. The van der Waals surface area contributed by atoms with Crippen molar-refractivity contribution in [2.24, 2.45) is 0 Å². The monoisotopic (exact) mass is 584 g/mol. The number of carbonyl (C=O) groups excluding carboxylic acids is 1. The standard InChI is InChI=1S/C40H28N2O3/c43-35(29-20-18-28(19-21-29)27-10-2-1-3-11-27)26-42-34-15-7-6-14-33(34)41-40(42)23-22-32(38-24-30-12-4-8-16-36(30)44-38)39-25-31-13-5-9-17-37(31)45-39/h1-22,24-25H,23,26H2. The number of imidazole rings is 1. The van der Waals surface area contributed by atoms with Gasteiger partial charge in [-0.15, -0.1) is 0 Å². The number of benzene rings is 5. The minimum Gasteiger partial charge on any atom is -0.456 e. The topological polar surface area (TPSA) is 61.2 Å². The lowest BCUT2D eigenvalue weighted by Gasteiger charge is -2.09. The lowest BCUT2D eigenvalue weighted by Crippen LogP contribution is -2.13. The van der Waals surface area contributed by atoms with E-state index in [1.165, 1.54) is 0 Å². The molecule has 0 aliphatic heterocycles. The molecule has 5 nitrogen and oxygen atoms in total. The molecular formula is C40H28N2O3. The van der Waals surface area contributed by atoms with E-state index in [2.05, 4.69) is 18.2 Å². The molecule has 8 rings (SSSR count). The van der Waals surface area contributed by atoms with Gasteiger partial charge < -0.3 is 13.4 Å². The Balaban J connectivity index is 1.16. The number of ketones is 1. The fourth-order valence-electron chi connectivity index (χ4n) is 5.92. The van der Waals surface area contributed by atoms with Crippen LogP contribution in [-0.4, -0.2) is 15.3 Å². The van der Waals surface area contributed by atoms with Crippen LogP contribution >= 0.6 is 0 Å². The van der Waals surface area contributed by atoms with Crippen molar-refractivity contribution in [3.63, 3.8) is 0 Å². The summed E-state index contributed by atoms with van der Waals surface area (Å²) < 4.78 is 14.6. The number of furan rings is 2. The maximum Gasteiger partial charge on any atom is 0.182 e. The summed E-state index contributed by atoms with van der Waals surface area (Å²) in [5.74, 6) is 2.24. The molecule has 0 aliphatic rings. The fraction of sp³-hybridized carbons (Fsp3) is 0.0500. The average molecular weight is 585 g/mol. The number of fused-ring (bicyclic) bond motifs is 3. The number of hydrogen-bond acceptors (Lipinski definition) is 4. The number of aromatic nitrogens is 2. The summed E-state index contributed by atoms with van der Waals surface area (Å²) in [6, 6.07) is 46.0. The van der Waals surface area contributed by atoms with Crippen molar-refractivity contribution in [3.8, 4) is 11.1 Å². The third-order valence-electron chi connectivity index (χ3n) is 8.22. The van der Waals surface area contributed by atoms with Crippen LogP contribution in [0.3, 0.4) is 0 Å². The molecule has 5 heteroatoms. The summed E-state index contributed by atoms with van der Waals surface area (Å²) in [4.78, 5) is 18.6. The van der Waals surface area contributed by atoms with E-state index in [9.17, 15) is 4.79 Å². The van der Waals surface area contributed by atoms with Crippen LogP contribution in [0.5, 0.6) is 0 Å². The smallest absolute Gasteiger partial charge is 0.182 e. The highest BCUT2D eigenvalue weighted by Gasteiger charge is 2.18. The predicted molar refractivity (Wildman–Crippen MR) is 179 cm³/mol. The van der Waals surface area contributed by atoms with Gasteiger partial charge in [0.1, 0.15) is 28.5 Å². The van der Waals surface area contributed by atoms with Gasteiger partial charge in [-0.05, 0) is 47.5 Å². The second kappa shape index (κ2) is 11.3. The largest absolute Gasteiger partial charge is 0.456 e. The molecule has 0 spiro atoms. The van der Waals surface area contributed by atoms with E-state index in [1.54, 1.807) is 0 Å². The average Bonchev–Trinajstić information content (AvgIpc) is 3.81. The first-order valence-electron chi connectivity index (χ1n) is 15.0. The van der Waals surface area contributed by atoms with E-state index in [0.717, 1.165) is 55.5 Å². The highest BCUT2D eigenvalue weighted by Crippen LogP contribution is 2.33. The number of rotatable bonds is 8. The molecule has 216 valence electrons. The number of carbonyl (C=O) groups is 1. The molecule has 0 saturated heterocycles. The van der Waals surface area contributed by atoms with Crippen molar-refractivity contribution < 1.29 is 13.6 Å². The Kier molecular flexibility index (Phi) is 6.69. The summed E-state index contributed by atoms with van der Waals surface area (Å²) in [6.45, 7) is 0.180. The molecule has 5 aromatic carbocycles. The zero-order valence-corrected chi connectivity index (χ0v) is 24.4. The minimum absolute atomic E-state index is 0.0257. The van der Waals surface area contributed by atoms with Gasteiger partial charge in [0.25, 0.3) is 0 Å². The van der Waals surface area contributed by atoms with E-state index >= 15 is 0 Å². The van der Waals surface area contributed by atoms with Crippen molar-refractivity contribution in [2.75, 3.05) is 0 Å². The van der Waals surface area contributed by atoms with E-state index in [0.29, 0.717) is 23.5 Å². The molecule has 0 bridgehead atoms. The number of para-hydroxylation sites is 4. The van der Waals surface area contributed by atoms with Crippen molar-refractivity contribution in [2.45, 2.75) is 13.0 Å². The second-order valence-electron chi connectivity index (χ2n) is 11.1. The molecule has 0 amide bonds. The zero-order valence-electron chi connectivity index (χ0n) is 24.4. The molecule has 0 atom stereocenters. The maximum atomic E-state index is 13.6. The van der Waals surface area contributed by atoms with Gasteiger partial charge in [-0.2, -0.15) is 0 Å². The van der Waals surface area contributed by atoms with Crippen molar-refractivity contribution in [1.82, 2.24) is 9.55 Å². The summed E-state index contributed by atoms with van der Waals surface area (Å²) in [5, 5.41) is 2.04. The number of hydrogen-bond donors (Lipinski definition) is 0. The Morgan fingerprint density at radius 1 is 0.644 bits per heavy atom. The van der Waals surface area contributed by atoms with Gasteiger partial charge >= 0.3 is 0 Å². The fourth-order valence-corrected chi connectivity index (χ4v) is 5.92. The lowest BCUT2D eigenvalue weighted by molar-refractivity contribution is 0.0972.